The van der Waals surface area contributed by atoms with Crippen molar-refractivity contribution in [3.63, 3.8) is 0 Å². The van der Waals surface area contributed by atoms with Crippen molar-refractivity contribution in [1.29, 1.82) is 0 Å². The minimum absolute atomic E-state index is 0.0959. The first-order valence-electron chi connectivity index (χ1n) is 4.33. The average Bonchev–Trinajstić information content (AvgIpc) is 2.68. The molecule has 0 saturated carbocycles. The van der Waals surface area contributed by atoms with E-state index in [2.05, 4.69) is 21.0 Å². The zero-order valence-electron chi connectivity index (χ0n) is 8.10. The Labute approximate surface area is 117 Å². The van der Waals surface area contributed by atoms with Crippen LogP contribution < -0.4 is 0 Å². The van der Waals surface area contributed by atoms with Gasteiger partial charge in [0.2, 0.25) is 0 Å². The Morgan fingerprint density at radius 3 is 2.76 bits per heavy atom. The lowest BCUT2D eigenvalue weighted by molar-refractivity contribution is -0.384. The lowest BCUT2D eigenvalue weighted by Gasteiger charge is -2.04. The molecular formula is C9H4BrFIN3O2. The summed E-state index contributed by atoms with van der Waals surface area (Å²) >= 11 is 4.88. The summed E-state index contributed by atoms with van der Waals surface area (Å²) in [6.07, 6.45) is 2.99. The van der Waals surface area contributed by atoms with Gasteiger partial charge in [0, 0.05) is 18.3 Å². The van der Waals surface area contributed by atoms with Gasteiger partial charge < -0.3 is 0 Å². The minimum Gasteiger partial charge on any atom is -0.258 e. The Bertz CT molecular complexity index is 602. The lowest BCUT2D eigenvalue weighted by Crippen LogP contribution is -2.02. The largest absolute Gasteiger partial charge is 0.296 e. The number of aromatic nitrogens is 2. The van der Waals surface area contributed by atoms with E-state index in [4.69, 9.17) is 0 Å². The van der Waals surface area contributed by atoms with Crippen LogP contribution in [-0.2, 0) is 0 Å². The highest BCUT2D eigenvalue weighted by atomic mass is 127. The molecule has 1 aromatic heterocycles. The summed E-state index contributed by atoms with van der Waals surface area (Å²) in [5.74, 6) is -0.516. The summed E-state index contributed by atoms with van der Waals surface area (Å²) in [5, 5.41) is 14.8. The number of hydrogen-bond donors (Lipinski definition) is 0. The molecule has 2 aromatic rings. The fourth-order valence-electron chi connectivity index (χ4n) is 1.29. The van der Waals surface area contributed by atoms with Crippen molar-refractivity contribution in [2.24, 2.45) is 0 Å². The Balaban J connectivity index is 2.67. The normalized spacial score (nSPS) is 10.5. The molecule has 0 amide bonds. The summed E-state index contributed by atoms with van der Waals surface area (Å²) in [7, 11) is 0. The highest BCUT2D eigenvalue weighted by molar-refractivity contribution is 14.1. The molecule has 0 aliphatic carbocycles. The molecule has 0 fully saturated rings. The number of rotatable bonds is 2. The first kappa shape index (κ1) is 12.4. The number of nitro benzene ring substituents is 1. The minimum atomic E-state index is -0.563. The monoisotopic (exact) mass is 411 g/mol. The average molecular weight is 412 g/mol. The van der Waals surface area contributed by atoms with Crippen molar-refractivity contribution in [2.45, 2.75) is 0 Å². The number of nitro groups is 1. The van der Waals surface area contributed by atoms with Crippen molar-refractivity contribution in [2.75, 3.05) is 0 Å². The van der Waals surface area contributed by atoms with Crippen LogP contribution in [0.25, 0.3) is 5.69 Å². The summed E-state index contributed by atoms with van der Waals surface area (Å²) in [6.45, 7) is 0. The quantitative estimate of drug-likeness (QED) is 0.433. The van der Waals surface area contributed by atoms with E-state index in [1.54, 1.807) is 22.6 Å². The van der Waals surface area contributed by atoms with Gasteiger partial charge in [0.25, 0.3) is 5.69 Å². The summed E-state index contributed by atoms with van der Waals surface area (Å²) < 4.78 is 15.5. The van der Waals surface area contributed by atoms with Crippen LogP contribution in [0.5, 0.6) is 0 Å². The van der Waals surface area contributed by atoms with Crippen LogP contribution in [-0.4, -0.2) is 14.7 Å². The van der Waals surface area contributed by atoms with Crippen molar-refractivity contribution >= 4 is 44.2 Å². The third-order valence-corrected chi connectivity index (χ3v) is 3.25. The van der Waals surface area contributed by atoms with E-state index < -0.39 is 10.7 Å². The molecule has 0 aliphatic heterocycles. The SMILES string of the molecule is O=[N+]([O-])c1cc(I)c(F)cc1-n1cc(Br)cn1. The van der Waals surface area contributed by atoms with E-state index >= 15 is 0 Å². The van der Waals surface area contributed by atoms with Crippen LogP contribution in [0.4, 0.5) is 10.1 Å². The topological polar surface area (TPSA) is 61.0 Å². The Morgan fingerprint density at radius 2 is 2.24 bits per heavy atom. The van der Waals surface area contributed by atoms with Crippen molar-refractivity contribution in [3.05, 3.63) is 48.5 Å². The van der Waals surface area contributed by atoms with Gasteiger partial charge in [0.15, 0.2) is 0 Å². The van der Waals surface area contributed by atoms with Crippen LogP contribution in [0.3, 0.4) is 0 Å². The van der Waals surface area contributed by atoms with Crippen LogP contribution in [0.15, 0.2) is 29.0 Å². The van der Waals surface area contributed by atoms with Crippen molar-refractivity contribution < 1.29 is 9.31 Å². The van der Waals surface area contributed by atoms with Crippen LogP contribution in [0.1, 0.15) is 0 Å². The molecule has 5 nitrogen and oxygen atoms in total. The Hall–Kier alpha value is -1.03. The highest BCUT2D eigenvalue weighted by Gasteiger charge is 2.19. The van der Waals surface area contributed by atoms with Crippen LogP contribution in [0.2, 0.25) is 0 Å². The van der Waals surface area contributed by atoms with Crippen LogP contribution >= 0.6 is 38.5 Å². The summed E-state index contributed by atoms with van der Waals surface area (Å²) in [4.78, 5) is 10.3. The van der Waals surface area contributed by atoms with Crippen molar-refractivity contribution in [1.82, 2.24) is 9.78 Å². The predicted molar refractivity (Wildman–Crippen MR) is 70.6 cm³/mol. The second-order valence-corrected chi connectivity index (χ2v) is 5.19. The Morgan fingerprint density at radius 1 is 1.53 bits per heavy atom. The molecule has 0 bridgehead atoms. The fraction of sp³-hybridized carbons (Fsp3) is 0. The van der Waals surface area contributed by atoms with Gasteiger partial charge in [-0.15, -0.1) is 0 Å². The zero-order chi connectivity index (χ0) is 12.6. The van der Waals surface area contributed by atoms with Crippen molar-refractivity contribution in [3.8, 4) is 5.69 Å². The molecule has 0 spiro atoms. The Kier molecular flexibility index (Phi) is 3.43. The number of hydrogen-bond acceptors (Lipinski definition) is 3. The van der Waals surface area contributed by atoms with Gasteiger partial charge in [-0.05, 0) is 38.5 Å². The number of halogens is 3. The summed E-state index contributed by atoms with van der Waals surface area (Å²) in [6, 6.07) is 2.28. The molecule has 0 aliphatic rings. The van der Waals surface area contributed by atoms with Gasteiger partial charge in [0.05, 0.1) is 19.2 Å². The molecule has 0 saturated heterocycles. The second-order valence-electron chi connectivity index (χ2n) is 3.12. The molecule has 1 heterocycles. The molecule has 0 atom stereocenters. The fourth-order valence-corrected chi connectivity index (χ4v) is 2.02. The van der Waals surface area contributed by atoms with Gasteiger partial charge in [-0.2, -0.15) is 5.10 Å². The third kappa shape index (κ3) is 2.46. The molecule has 8 heteroatoms. The molecule has 1 aromatic carbocycles. The first-order chi connectivity index (χ1) is 7.99. The van der Waals surface area contributed by atoms with E-state index in [9.17, 15) is 14.5 Å². The maximum atomic E-state index is 13.4. The van der Waals surface area contributed by atoms with Gasteiger partial charge in [-0.3, -0.25) is 10.1 Å². The van der Waals surface area contributed by atoms with E-state index in [0.29, 0.717) is 4.47 Å². The van der Waals surface area contributed by atoms with Crippen LogP contribution in [0, 0.1) is 19.5 Å². The number of benzene rings is 1. The second kappa shape index (κ2) is 4.69. The maximum absolute atomic E-state index is 13.4. The maximum Gasteiger partial charge on any atom is 0.296 e. The van der Waals surface area contributed by atoms with E-state index in [0.717, 1.165) is 6.07 Å². The highest BCUT2D eigenvalue weighted by Crippen LogP contribution is 2.27. The third-order valence-electron chi connectivity index (χ3n) is 2.01. The van der Waals surface area contributed by atoms with Gasteiger partial charge in [-0.25, -0.2) is 9.07 Å². The molecular weight excluding hydrogens is 408 g/mol. The van der Waals surface area contributed by atoms with E-state index in [1.807, 2.05) is 0 Å². The molecule has 0 N–H and O–H groups in total. The molecule has 17 heavy (non-hydrogen) atoms. The van der Waals surface area contributed by atoms with Gasteiger partial charge in [-0.1, -0.05) is 0 Å². The van der Waals surface area contributed by atoms with Gasteiger partial charge in [0.1, 0.15) is 11.5 Å². The molecule has 0 radical (unpaired) electrons. The standard InChI is InChI=1S/C9H4BrFIN3O2/c10-5-3-13-14(4-5)8-1-6(11)7(12)2-9(8)15(16)17/h1-4H. The molecule has 0 unspecified atom stereocenters. The smallest absolute Gasteiger partial charge is 0.258 e. The predicted octanol–water partition coefficient (Wildman–Crippen LogP) is 3.29. The zero-order valence-corrected chi connectivity index (χ0v) is 11.8. The van der Waals surface area contributed by atoms with E-state index in [-0.39, 0.29) is 14.9 Å². The van der Waals surface area contributed by atoms with E-state index in [1.165, 1.54) is 23.1 Å². The lowest BCUT2D eigenvalue weighted by atomic mass is 10.2. The van der Waals surface area contributed by atoms with Gasteiger partial charge >= 0.3 is 0 Å². The molecule has 2 rings (SSSR count). The molecule has 88 valence electrons. The first-order valence-corrected chi connectivity index (χ1v) is 6.20. The summed E-state index contributed by atoms with van der Waals surface area (Å²) in [5.41, 5.74) is -0.0926. The number of nitrogens with zero attached hydrogens (tertiary/aromatic N) is 3.